The molecule has 0 aliphatic carbocycles. The monoisotopic (exact) mass is 469 g/mol. The van der Waals surface area contributed by atoms with E-state index in [1.807, 2.05) is 13.1 Å². The van der Waals surface area contributed by atoms with Crippen molar-refractivity contribution in [3.63, 3.8) is 0 Å². The highest BCUT2D eigenvalue weighted by molar-refractivity contribution is 5.60. The Morgan fingerprint density at radius 3 is 2.74 bits per heavy atom. The molecule has 1 unspecified atom stereocenters. The highest BCUT2D eigenvalue weighted by Crippen LogP contribution is 2.26. The predicted octanol–water partition coefficient (Wildman–Crippen LogP) is 3.35. The number of nitrogens with zero attached hydrogens (tertiary/aromatic N) is 7. The van der Waals surface area contributed by atoms with Crippen molar-refractivity contribution in [1.82, 2.24) is 29.5 Å². The van der Waals surface area contributed by atoms with E-state index in [2.05, 4.69) is 52.0 Å². The van der Waals surface area contributed by atoms with E-state index in [0.717, 1.165) is 48.2 Å². The molecule has 0 aromatic carbocycles. The van der Waals surface area contributed by atoms with Crippen LogP contribution in [0.4, 0.5) is 11.6 Å². The minimum absolute atomic E-state index is 0.0684. The Kier molecular flexibility index (Phi) is 6.34. The molecule has 184 valence electrons. The molecule has 4 rings (SSSR count). The van der Waals surface area contributed by atoms with Crippen LogP contribution in [-0.4, -0.2) is 69.3 Å². The fourth-order valence-electron chi connectivity index (χ4n) is 4.65. The number of anilines is 2. The first-order chi connectivity index (χ1) is 17.5. The minimum Gasteiger partial charge on any atom is -0.459 e. The molecule has 1 aliphatic rings. The van der Waals surface area contributed by atoms with Crippen LogP contribution in [-0.2, 0) is 6.42 Å². The van der Waals surface area contributed by atoms with Gasteiger partial charge in [-0.3, -0.25) is 0 Å². The number of fused-ring (bicyclic) bond motifs is 1. The van der Waals surface area contributed by atoms with E-state index in [-0.39, 0.29) is 11.8 Å². The first-order valence-corrected chi connectivity index (χ1v) is 12.1. The smallest absolute Gasteiger partial charge is 0.336 e. The number of piperidine rings is 1. The number of nitrogen functional groups attached to an aromatic ring is 1. The number of aryl methyl sites for hydroxylation is 1. The van der Waals surface area contributed by atoms with Crippen LogP contribution in [0.3, 0.4) is 0 Å². The lowest BCUT2D eigenvalue weighted by Crippen LogP contribution is -2.37. The number of rotatable bonds is 9. The van der Waals surface area contributed by atoms with Crippen LogP contribution in [0.25, 0.3) is 5.65 Å². The molecule has 0 radical (unpaired) electrons. The topological polar surface area (TPSA) is 97.7 Å². The molecule has 0 saturated carbocycles. The highest BCUT2D eigenvalue weighted by atomic mass is 16.5. The zero-order valence-electron chi connectivity index (χ0n) is 23.7. The Morgan fingerprint density at radius 1 is 1.26 bits per heavy atom. The first-order valence-electron chi connectivity index (χ1n) is 13.6. The largest absolute Gasteiger partial charge is 0.459 e. The third-order valence-corrected chi connectivity index (χ3v) is 6.27. The normalized spacial score (nSPS) is 17.6. The zero-order valence-corrected chi connectivity index (χ0v) is 20.7. The van der Waals surface area contributed by atoms with Gasteiger partial charge in [0.25, 0.3) is 0 Å². The van der Waals surface area contributed by atoms with Crippen molar-refractivity contribution >= 4 is 17.3 Å². The minimum atomic E-state index is -2.28. The summed E-state index contributed by atoms with van der Waals surface area (Å²) >= 11 is 0. The maximum Gasteiger partial charge on any atom is 0.336 e. The fourth-order valence-corrected chi connectivity index (χ4v) is 4.65. The van der Waals surface area contributed by atoms with Crippen molar-refractivity contribution in [3.8, 4) is 6.01 Å². The van der Waals surface area contributed by atoms with E-state index in [1.54, 1.807) is 10.7 Å². The summed E-state index contributed by atoms with van der Waals surface area (Å²) in [5, 5.41) is 4.43. The first kappa shape index (κ1) is 20.4. The maximum absolute atomic E-state index is 7.76. The Balaban J connectivity index is 1.51. The number of hydrogen-bond acceptors (Lipinski definition) is 8. The van der Waals surface area contributed by atoms with Crippen LogP contribution < -0.4 is 15.4 Å². The molecule has 4 heterocycles. The van der Waals surface area contributed by atoms with Gasteiger partial charge in [-0.2, -0.15) is 4.98 Å². The molecule has 0 spiro atoms. The van der Waals surface area contributed by atoms with E-state index in [0.29, 0.717) is 24.9 Å². The van der Waals surface area contributed by atoms with Crippen LogP contribution in [0.15, 0.2) is 18.5 Å². The Bertz CT molecular complexity index is 1200. The van der Waals surface area contributed by atoms with Gasteiger partial charge in [0.05, 0.1) is 18.0 Å². The van der Waals surface area contributed by atoms with E-state index < -0.39 is 13.0 Å². The number of hydrogen-bond donors (Lipinski definition) is 1. The van der Waals surface area contributed by atoms with Gasteiger partial charge in [-0.1, -0.05) is 19.4 Å². The maximum atomic E-state index is 7.76. The molecule has 1 fully saturated rings. The fraction of sp³-hybridized carbons (Fsp3) is 0.600. The van der Waals surface area contributed by atoms with E-state index in [4.69, 9.17) is 19.6 Å². The second kappa shape index (κ2) is 10.5. The average molecular weight is 470 g/mol. The van der Waals surface area contributed by atoms with E-state index in [1.165, 1.54) is 12.8 Å². The van der Waals surface area contributed by atoms with Crippen molar-refractivity contribution in [2.24, 2.45) is 5.92 Å². The third kappa shape index (κ3) is 5.58. The lowest BCUT2D eigenvalue weighted by atomic mass is 9.96. The van der Waals surface area contributed by atoms with Crippen molar-refractivity contribution in [2.75, 3.05) is 44.4 Å². The third-order valence-electron chi connectivity index (χ3n) is 6.27. The van der Waals surface area contributed by atoms with Gasteiger partial charge in [0, 0.05) is 36.4 Å². The Hall–Kier alpha value is -2.94. The van der Waals surface area contributed by atoms with Crippen LogP contribution in [0.1, 0.15) is 60.4 Å². The van der Waals surface area contributed by atoms with Crippen molar-refractivity contribution in [1.29, 1.82) is 0 Å². The van der Waals surface area contributed by atoms with Crippen LogP contribution in [0, 0.1) is 12.8 Å². The Labute approximate surface area is 206 Å². The molecule has 1 saturated heterocycles. The van der Waals surface area contributed by atoms with Gasteiger partial charge < -0.3 is 20.3 Å². The second-order valence-electron chi connectivity index (χ2n) is 9.51. The number of imidazole rings is 1. The summed E-state index contributed by atoms with van der Waals surface area (Å²) < 4.78 is 30.5. The summed E-state index contributed by atoms with van der Waals surface area (Å²) in [4.78, 5) is 18.0. The summed E-state index contributed by atoms with van der Waals surface area (Å²) in [6.07, 6.45) is 6.51. The molecule has 9 nitrogen and oxygen atoms in total. The summed E-state index contributed by atoms with van der Waals surface area (Å²) in [6, 6.07) is 2.09. The lowest BCUT2D eigenvalue weighted by Gasteiger charge is -2.34. The molecule has 1 aliphatic heterocycles. The molecule has 3 aromatic rings. The number of pyridine rings is 1. The van der Waals surface area contributed by atoms with Crippen LogP contribution >= 0.6 is 0 Å². The quantitative estimate of drug-likeness (QED) is 0.510. The SMILES string of the molecule is [2H]C([2H])([2H])C(CCC)Oc1nc(N)c2ncc(Cc3cnc(N4CCC(CN(C)C)CC4)c(C)c3)n2n1. The molecule has 0 bridgehead atoms. The van der Waals surface area contributed by atoms with Gasteiger partial charge in [0.1, 0.15) is 5.82 Å². The van der Waals surface area contributed by atoms with Crippen molar-refractivity contribution in [2.45, 2.75) is 58.9 Å². The highest BCUT2D eigenvalue weighted by Gasteiger charge is 2.22. The average Bonchev–Trinajstić information content (AvgIpc) is 3.22. The zero-order chi connectivity index (χ0) is 26.7. The van der Waals surface area contributed by atoms with Gasteiger partial charge in [0.15, 0.2) is 11.5 Å². The van der Waals surface area contributed by atoms with Gasteiger partial charge in [-0.05, 0) is 64.2 Å². The molecule has 1 atom stereocenters. The Morgan fingerprint density at radius 2 is 2.06 bits per heavy atom. The molecule has 2 N–H and O–H groups in total. The second-order valence-corrected chi connectivity index (χ2v) is 9.51. The van der Waals surface area contributed by atoms with Gasteiger partial charge in [0.2, 0.25) is 0 Å². The molecular weight excluding hydrogens is 428 g/mol. The van der Waals surface area contributed by atoms with Crippen molar-refractivity contribution in [3.05, 3.63) is 35.3 Å². The standard InChI is InChI=1S/C25H38N8O/c1-6-7-18(3)34-25-29-22(26)24-28-15-21(33(24)30-25)13-20-12-17(2)23(27-14-20)32-10-8-19(9-11-32)16-31(4)5/h12,14-15,18-19H,6-11,13,16H2,1-5H3,(H2,26,29,30)/i3D3. The molecule has 9 heteroatoms. The van der Waals surface area contributed by atoms with Gasteiger partial charge >= 0.3 is 6.01 Å². The molecule has 3 aromatic heterocycles. The van der Waals surface area contributed by atoms with Gasteiger partial charge in [-0.15, -0.1) is 5.10 Å². The predicted molar refractivity (Wildman–Crippen MR) is 135 cm³/mol. The van der Waals surface area contributed by atoms with E-state index in [9.17, 15) is 0 Å². The van der Waals surface area contributed by atoms with Crippen molar-refractivity contribution < 1.29 is 8.85 Å². The van der Waals surface area contributed by atoms with Gasteiger partial charge in [-0.25, -0.2) is 14.5 Å². The summed E-state index contributed by atoms with van der Waals surface area (Å²) in [7, 11) is 4.27. The van der Waals surface area contributed by atoms with Crippen LogP contribution in [0.5, 0.6) is 6.01 Å². The lowest BCUT2D eigenvalue weighted by molar-refractivity contribution is 0.189. The number of nitrogens with two attached hydrogens (primary N) is 1. The molecule has 34 heavy (non-hydrogen) atoms. The molecule has 0 amide bonds. The number of ether oxygens (including phenoxy) is 1. The van der Waals surface area contributed by atoms with E-state index >= 15 is 0 Å². The van der Waals surface area contributed by atoms with Crippen LogP contribution in [0.2, 0.25) is 0 Å². The molecular formula is C25H38N8O. The summed E-state index contributed by atoms with van der Waals surface area (Å²) in [5.41, 5.74) is 9.46. The summed E-state index contributed by atoms with van der Waals surface area (Å²) in [6.45, 7) is 4.90. The summed E-state index contributed by atoms with van der Waals surface area (Å²) in [5.74, 6) is 1.92. The number of aromatic nitrogens is 5.